The molecule has 0 unspecified atom stereocenters. The molecule has 22 heavy (non-hydrogen) atoms. The Bertz CT molecular complexity index is 654. The lowest BCUT2D eigenvalue weighted by Crippen LogP contribution is -2.31. The minimum absolute atomic E-state index is 0.103. The van der Waals surface area contributed by atoms with Gasteiger partial charge in [-0.25, -0.2) is 0 Å². The molecule has 1 aliphatic rings. The van der Waals surface area contributed by atoms with Crippen LogP contribution in [0.3, 0.4) is 0 Å². The van der Waals surface area contributed by atoms with Crippen LogP contribution in [0.4, 0.5) is 0 Å². The van der Waals surface area contributed by atoms with Crippen molar-refractivity contribution < 1.29 is 14.1 Å². The number of carbonyl (C=O) groups excluding carboxylic acids is 1. The molecule has 2 aromatic heterocycles. The maximum atomic E-state index is 12.5. The summed E-state index contributed by atoms with van der Waals surface area (Å²) in [5, 5.41) is 6.81. The average molecular weight is 321 g/mol. The Morgan fingerprint density at radius 2 is 2.27 bits per heavy atom. The van der Waals surface area contributed by atoms with Crippen molar-refractivity contribution in [2.45, 2.75) is 39.8 Å². The van der Waals surface area contributed by atoms with E-state index >= 15 is 0 Å². The van der Waals surface area contributed by atoms with Gasteiger partial charge in [-0.05, 0) is 24.5 Å². The number of aromatic nitrogens is 2. The highest BCUT2D eigenvalue weighted by Gasteiger charge is 2.26. The summed E-state index contributed by atoms with van der Waals surface area (Å²) in [5.41, 5.74) is 1.12. The fourth-order valence-corrected chi connectivity index (χ4v) is 3.48. The van der Waals surface area contributed by atoms with Gasteiger partial charge in [-0.15, -0.1) is 11.3 Å². The Morgan fingerprint density at radius 1 is 1.45 bits per heavy atom. The Balaban J connectivity index is 1.77. The number of nitrogens with one attached hydrogen (secondary N) is 1. The van der Waals surface area contributed by atoms with Crippen LogP contribution >= 0.6 is 11.3 Å². The summed E-state index contributed by atoms with van der Waals surface area (Å²) in [4.78, 5) is 18.7. The molecule has 6 nitrogen and oxygen atoms in total. The van der Waals surface area contributed by atoms with Crippen molar-refractivity contribution in [3.8, 4) is 0 Å². The van der Waals surface area contributed by atoms with Crippen molar-refractivity contribution in [2.24, 2.45) is 5.92 Å². The molecule has 0 bridgehead atoms. The lowest BCUT2D eigenvalue weighted by atomic mass is 10.0. The van der Waals surface area contributed by atoms with Gasteiger partial charge in [0.2, 0.25) is 5.89 Å². The highest BCUT2D eigenvalue weighted by Crippen LogP contribution is 2.28. The number of fused-ring (bicyclic) bond motifs is 1. The van der Waals surface area contributed by atoms with Crippen LogP contribution in [-0.4, -0.2) is 22.7 Å². The van der Waals surface area contributed by atoms with Crippen molar-refractivity contribution in [3.05, 3.63) is 33.1 Å². The van der Waals surface area contributed by atoms with Crippen molar-refractivity contribution in [1.82, 2.24) is 15.5 Å². The van der Waals surface area contributed by atoms with Crippen molar-refractivity contribution in [3.63, 3.8) is 0 Å². The van der Waals surface area contributed by atoms with E-state index in [0.717, 1.165) is 18.6 Å². The molecule has 1 amide bonds. The highest BCUT2D eigenvalue weighted by atomic mass is 32.1. The SMILES string of the molecule is Cc1noc([C@@H](NC(=O)c2cc3c(s2)CCOC3)C(C)C)n1. The van der Waals surface area contributed by atoms with E-state index in [1.54, 1.807) is 6.92 Å². The second-order valence-electron chi connectivity index (χ2n) is 5.74. The van der Waals surface area contributed by atoms with E-state index in [1.807, 2.05) is 19.9 Å². The number of rotatable bonds is 4. The third-order valence-corrected chi connectivity index (χ3v) is 4.85. The van der Waals surface area contributed by atoms with Crippen LogP contribution in [0.5, 0.6) is 0 Å². The molecule has 3 heterocycles. The topological polar surface area (TPSA) is 77.2 Å². The molecule has 3 rings (SSSR count). The second kappa shape index (κ2) is 6.18. The number of nitrogens with zero attached hydrogens (tertiary/aromatic N) is 2. The number of hydrogen-bond acceptors (Lipinski definition) is 6. The standard InChI is InChI=1S/C15H19N3O3S/c1-8(2)13(15-16-9(3)18-21-15)17-14(19)12-6-10-7-20-5-4-11(10)22-12/h6,8,13H,4-5,7H2,1-3H3,(H,17,19)/t13-/m0/s1. The molecule has 2 aromatic rings. The van der Waals surface area contributed by atoms with Gasteiger partial charge >= 0.3 is 0 Å². The van der Waals surface area contributed by atoms with Gasteiger partial charge in [0, 0.05) is 11.3 Å². The zero-order chi connectivity index (χ0) is 15.7. The molecule has 7 heteroatoms. The monoisotopic (exact) mass is 321 g/mol. The van der Waals surface area contributed by atoms with Gasteiger partial charge in [-0.3, -0.25) is 4.79 Å². The van der Waals surface area contributed by atoms with E-state index in [9.17, 15) is 4.79 Å². The summed E-state index contributed by atoms with van der Waals surface area (Å²) in [7, 11) is 0. The van der Waals surface area contributed by atoms with Gasteiger partial charge in [0.1, 0.15) is 6.04 Å². The molecule has 0 saturated carbocycles. The van der Waals surface area contributed by atoms with Crippen molar-refractivity contribution in [2.75, 3.05) is 6.61 Å². The highest BCUT2D eigenvalue weighted by molar-refractivity contribution is 7.14. The molecule has 1 aliphatic heterocycles. The first-order chi connectivity index (χ1) is 10.5. The van der Waals surface area contributed by atoms with Gasteiger partial charge in [0.05, 0.1) is 18.1 Å². The molecular formula is C15H19N3O3S. The van der Waals surface area contributed by atoms with E-state index in [4.69, 9.17) is 9.26 Å². The Kier molecular flexibility index (Phi) is 4.26. The largest absolute Gasteiger partial charge is 0.376 e. The molecular weight excluding hydrogens is 302 g/mol. The zero-order valence-electron chi connectivity index (χ0n) is 12.9. The van der Waals surface area contributed by atoms with Crippen molar-refractivity contribution >= 4 is 17.2 Å². The quantitative estimate of drug-likeness (QED) is 0.936. The normalized spacial score (nSPS) is 15.6. The van der Waals surface area contributed by atoms with Crippen LogP contribution in [0.2, 0.25) is 0 Å². The molecule has 1 atom stereocenters. The molecule has 0 aliphatic carbocycles. The first-order valence-electron chi connectivity index (χ1n) is 7.35. The fraction of sp³-hybridized carbons (Fsp3) is 0.533. The van der Waals surface area contributed by atoms with Crippen molar-refractivity contribution in [1.29, 1.82) is 0 Å². The van der Waals surface area contributed by atoms with Crippen LogP contribution in [-0.2, 0) is 17.8 Å². The molecule has 0 spiro atoms. The molecule has 0 radical (unpaired) electrons. The summed E-state index contributed by atoms with van der Waals surface area (Å²) >= 11 is 1.54. The van der Waals surface area contributed by atoms with Crippen LogP contribution in [0.1, 0.15) is 51.7 Å². The smallest absolute Gasteiger partial charge is 0.262 e. The Labute approximate surface area is 132 Å². The Morgan fingerprint density at radius 3 is 2.91 bits per heavy atom. The summed E-state index contributed by atoms with van der Waals surface area (Å²) in [5.74, 6) is 1.07. The van der Waals surface area contributed by atoms with Gasteiger partial charge in [-0.1, -0.05) is 19.0 Å². The predicted molar refractivity (Wildman–Crippen MR) is 81.8 cm³/mol. The van der Waals surface area contributed by atoms with Gasteiger partial charge in [-0.2, -0.15) is 4.98 Å². The summed E-state index contributed by atoms with van der Waals surface area (Å²) < 4.78 is 10.6. The van der Waals surface area contributed by atoms with E-state index in [2.05, 4.69) is 15.5 Å². The lowest BCUT2D eigenvalue weighted by Gasteiger charge is -2.17. The van der Waals surface area contributed by atoms with E-state index in [-0.39, 0.29) is 17.9 Å². The summed E-state index contributed by atoms with van der Waals surface area (Å²) in [6.07, 6.45) is 0.879. The molecule has 0 fully saturated rings. The maximum Gasteiger partial charge on any atom is 0.262 e. The molecule has 118 valence electrons. The van der Waals surface area contributed by atoms with Gasteiger partial charge in [0.15, 0.2) is 5.82 Å². The van der Waals surface area contributed by atoms with Crippen LogP contribution < -0.4 is 5.32 Å². The molecule has 0 saturated heterocycles. The van der Waals surface area contributed by atoms with Gasteiger partial charge < -0.3 is 14.6 Å². The third kappa shape index (κ3) is 3.05. The lowest BCUT2D eigenvalue weighted by molar-refractivity contribution is 0.0917. The first-order valence-corrected chi connectivity index (χ1v) is 8.16. The number of aryl methyl sites for hydroxylation is 1. The van der Waals surface area contributed by atoms with Gasteiger partial charge in [0.25, 0.3) is 5.91 Å². The predicted octanol–water partition coefficient (Wildman–Crippen LogP) is 2.64. The minimum Gasteiger partial charge on any atom is -0.376 e. The van der Waals surface area contributed by atoms with Crippen LogP contribution in [0.15, 0.2) is 10.6 Å². The van der Waals surface area contributed by atoms with E-state index in [0.29, 0.717) is 23.2 Å². The average Bonchev–Trinajstić information content (AvgIpc) is 3.10. The number of amides is 1. The zero-order valence-corrected chi connectivity index (χ0v) is 13.7. The molecule has 0 aromatic carbocycles. The second-order valence-corrected chi connectivity index (χ2v) is 6.87. The minimum atomic E-state index is -0.288. The molecule has 1 N–H and O–H groups in total. The van der Waals surface area contributed by atoms with Crippen LogP contribution in [0, 0.1) is 12.8 Å². The number of thiophene rings is 1. The first kappa shape index (κ1) is 15.2. The fourth-order valence-electron chi connectivity index (χ4n) is 2.42. The number of ether oxygens (including phenoxy) is 1. The maximum absolute atomic E-state index is 12.5. The van der Waals surface area contributed by atoms with E-state index < -0.39 is 0 Å². The number of carbonyl (C=O) groups is 1. The van der Waals surface area contributed by atoms with Crippen LogP contribution in [0.25, 0.3) is 0 Å². The summed E-state index contributed by atoms with van der Waals surface area (Å²) in [6, 6.07) is 1.63. The Hall–Kier alpha value is -1.73. The van der Waals surface area contributed by atoms with E-state index in [1.165, 1.54) is 16.2 Å². The number of hydrogen-bond donors (Lipinski definition) is 1. The third-order valence-electron chi connectivity index (χ3n) is 3.61. The summed E-state index contributed by atoms with van der Waals surface area (Å²) in [6.45, 7) is 7.11.